The monoisotopic (exact) mass is 397 g/mol. The van der Waals surface area contributed by atoms with Gasteiger partial charge in [-0.15, -0.1) is 0 Å². The van der Waals surface area contributed by atoms with Gasteiger partial charge in [-0.25, -0.2) is 4.99 Å². The molecule has 0 saturated heterocycles. The van der Waals surface area contributed by atoms with E-state index in [0.717, 1.165) is 29.7 Å². The Morgan fingerprint density at radius 3 is 2.70 bits per heavy atom. The number of carbonyl (C=O) groups is 1. The molecule has 0 unspecified atom stereocenters. The molecule has 3 rings (SSSR count). The average Bonchev–Trinajstić information content (AvgIpc) is 3.57. The molecule has 6 nitrogen and oxygen atoms in total. The molecule has 1 aromatic heterocycles. The smallest absolute Gasteiger partial charge is 0.259 e. The summed E-state index contributed by atoms with van der Waals surface area (Å²) in [4.78, 5) is 26.1. The van der Waals surface area contributed by atoms with E-state index in [4.69, 9.17) is 13.6 Å². The predicted octanol–water partition coefficient (Wildman–Crippen LogP) is 2.54. The van der Waals surface area contributed by atoms with Crippen molar-refractivity contribution in [2.24, 2.45) is 21.6 Å². The molecular weight excluding hydrogens is 373 g/mol. The number of aromatic nitrogens is 1. The first-order valence-corrected chi connectivity index (χ1v) is 9.70. The number of carbonyl (C=O) groups excluding carboxylic acids is 1. The van der Waals surface area contributed by atoms with Crippen LogP contribution in [0, 0.1) is 12.8 Å². The molecule has 3 N–H and O–H groups in total. The Morgan fingerprint density at radius 1 is 1.33 bits per heavy atom. The Bertz CT molecular complexity index is 1070. The van der Waals surface area contributed by atoms with E-state index >= 15 is 0 Å². The first-order valence-electron chi connectivity index (χ1n) is 9.70. The van der Waals surface area contributed by atoms with Crippen LogP contribution >= 0.6 is 0 Å². The van der Waals surface area contributed by atoms with Crippen LogP contribution in [0.5, 0.6) is 0 Å². The summed E-state index contributed by atoms with van der Waals surface area (Å²) < 4.78 is 0. The number of amides is 1. The van der Waals surface area contributed by atoms with Crippen LogP contribution in [-0.2, 0) is 4.79 Å². The fourth-order valence-corrected chi connectivity index (χ4v) is 3.01. The molecule has 1 aliphatic carbocycles. The van der Waals surface area contributed by atoms with Gasteiger partial charge in [0.1, 0.15) is 7.85 Å². The third-order valence-electron chi connectivity index (χ3n) is 4.87. The summed E-state index contributed by atoms with van der Waals surface area (Å²) in [5, 5.41) is 2.91. The number of allylic oxidation sites excluding steroid dienone is 1. The van der Waals surface area contributed by atoms with Crippen molar-refractivity contribution in [1.82, 2.24) is 4.98 Å². The normalized spacial score (nSPS) is 15.1. The Morgan fingerprint density at radius 2 is 2.10 bits per heavy atom. The van der Waals surface area contributed by atoms with E-state index in [1.54, 1.807) is 25.3 Å². The zero-order valence-electron chi connectivity index (χ0n) is 17.2. The van der Waals surface area contributed by atoms with Gasteiger partial charge in [0.15, 0.2) is 5.84 Å². The lowest BCUT2D eigenvalue weighted by Crippen LogP contribution is -2.18. The number of amidine groups is 1. The van der Waals surface area contributed by atoms with E-state index < -0.39 is 0 Å². The minimum absolute atomic E-state index is 0.234. The summed E-state index contributed by atoms with van der Waals surface area (Å²) in [6.45, 7) is 5.77. The highest BCUT2D eigenvalue weighted by molar-refractivity contribution is 6.33. The zero-order chi connectivity index (χ0) is 21.7. The largest absolute Gasteiger partial charge is 0.404 e. The van der Waals surface area contributed by atoms with Crippen LogP contribution in [0.4, 0.5) is 5.69 Å². The number of aliphatic imine (C=N–C) groups is 2. The standard InChI is InChI=1S/C23H24BN5O/c1-4-19(15-7-8-15)28-22(26-3)16-6-5-14(2)20(11-16)29-23(30)18(13-25)21-12-17(24)9-10-27-21/h4-6,9-13,15H,1,7-8,25H2,2-3H3,(H,29,30)/b18-13+,26-22?,28-19?. The van der Waals surface area contributed by atoms with Gasteiger partial charge < -0.3 is 11.1 Å². The van der Waals surface area contributed by atoms with Gasteiger partial charge in [0.05, 0.1) is 11.3 Å². The number of aryl methyl sites for hydroxylation is 1. The predicted molar refractivity (Wildman–Crippen MR) is 124 cm³/mol. The molecule has 2 aromatic rings. The minimum atomic E-state index is -0.376. The third kappa shape index (κ3) is 4.92. The quantitative estimate of drug-likeness (QED) is 0.340. The Balaban J connectivity index is 1.88. The number of hydrogen-bond donors (Lipinski definition) is 2. The van der Waals surface area contributed by atoms with Crippen LogP contribution in [0.25, 0.3) is 5.57 Å². The molecule has 0 atom stereocenters. The molecule has 1 aliphatic rings. The van der Waals surface area contributed by atoms with E-state index in [-0.39, 0.29) is 11.5 Å². The van der Waals surface area contributed by atoms with E-state index in [1.807, 2.05) is 25.1 Å². The lowest BCUT2D eigenvalue weighted by atomic mass is 9.95. The molecule has 1 aromatic carbocycles. The summed E-state index contributed by atoms with van der Waals surface area (Å²) in [6, 6.07) is 8.96. The van der Waals surface area contributed by atoms with Gasteiger partial charge in [0.25, 0.3) is 5.91 Å². The van der Waals surface area contributed by atoms with Crippen LogP contribution in [0.2, 0.25) is 0 Å². The molecule has 1 amide bonds. The number of benzene rings is 1. The average molecular weight is 397 g/mol. The van der Waals surface area contributed by atoms with E-state index in [0.29, 0.717) is 28.6 Å². The minimum Gasteiger partial charge on any atom is -0.404 e. The van der Waals surface area contributed by atoms with Gasteiger partial charge >= 0.3 is 0 Å². The van der Waals surface area contributed by atoms with Crippen molar-refractivity contribution < 1.29 is 4.79 Å². The molecule has 1 fully saturated rings. The van der Waals surface area contributed by atoms with Gasteiger partial charge in [0, 0.05) is 42.3 Å². The first kappa shape index (κ1) is 21.2. The van der Waals surface area contributed by atoms with Crippen molar-refractivity contribution in [2.75, 3.05) is 12.4 Å². The van der Waals surface area contributed by atoms with Crippen molar-refractivity contribution >= 4 is 42.0 Å². The summed E-state index contributed by atoms with van der Waals surface area (Å²) >= 11 is 0. The molecule has 0 aliphatic heterocycles. The lowest BCUT2D eigenvalue weighted by Gasteiger charge is -2.13. The summed E-state index contributed by atoms with van der Waals surface area (Å²) in [6.07, 6.45) is 6.81. The van der Waals surface area contributed by atoms with Crippen LogP contribution in [0.1, 0.15) is 29.7 Å². The van der Waals surface area contributed by atoms with Crippen molar-refractivity contribution in [3.05, 3.63) is 72.2 Å². The zero-order valence-corrected chi connectivity index (χ0v) is 17.2. The van der Waals surface area contributed by atoms with Crippen molar-refractivity contribution in [3.8, 4) is 0 Å². The molecule has 0 spiro atoms. The number of nitrogens with two attached hydrogens (primary N) is 1. The van der Waals surface area contributed by atoms with Crippen LogP contribution in [-0.4, -0.2) is 37.3 Å². The SMILES string of the molecule is [B]c1ccnc(/C(=C\N)C(=O)Nc2cc(C(=NC)N=C(C=C)C3CC3)ccc2C)c1. The van der Waals surface area contributed by atoms with Gasteiger partial charge in [-0.3, -0.25) is 14.8 Å². The summed E-state index contributed by atoms with van der Waals surface area (Å²) in [5.41, 5.74) is 10.1. The second kappa shape index (κ2) is 9.35. The molecule has 30 heavy (non-hydrogen) atoms. The fraction of sp³-hybridized carbons (Fsp3) is 0.217. The first-order chi connectivity index (χ1) is 14.5. The number of anilines is 1. The fourth-order valence-electron chi connectivity index (χ4n) is 3.01. The van der Waals surface area contributed by atoms with Crippen LogP contribution in [0.15, 0.2) is 65.4 Å². The maximum atomic E-state index is 12.9. The van der Waals surface area contributed by atoms with E-state index in [1.165, 1.54) is 12.4 Å². The Kier molecular flexibility index (Phi) is 6.62. The summed E-state index contributed by atoms with van der Waals surface area (Å²) in [5.74, 6) is 0.686. The molecule has 1 saturated carbocycles. The van der Waals surface area contributed by atoms with Crippen LogP contribution < -0.4 is 16.5 Å². The van der Waals surface area contributed by atoms with Crippen molar-refractivity contribution in [1.29, 1.82) is 0 Å². The van der Waals surface area contributed by atoms with Crippen LogP contribution in [0.3, 0.4) is 0 Å². The topological polar surface area (TPSA) is 92.7 Å². The van der Waals surface area contributed by atoms with Gasteiger partial charge in [-0.05, 0) is 43.5 Å². The van der Waals surface area contributed by atoms with Gasteiger partial charge in [-0.2, -0.15) is 0 Å². The molecule has 2 radical (unpaired) electrons. The molecule has 7 heteroatoms. The lowest BCUT2D eigenvalue weighted by molar-refractivity contribution is -0.111. The highest BCUT2D eigenvalue weighted by Gasteiger charge is 2.26. The van der Waals surface area contributed by atoms with Gasteiger partial charge in [0.2, 0.25) is 0 Å². The number of hydrogen-bond acceptors (Lipinski definition) is 4. The molecule has 0 bridgehead atoms. The number of nitrogens with one attached hydrogen (secondary N) is 1. The highest BCUT2D eigenvalue weighted by atomic mass is 16.1. The molecule has 150 valence electrons. The van der Waals surface area contributed by atoms with E-state index in [2.05, 4.69) is 26.9 Å². The Labute approximate surface area is 178 Å². The second-order valence-electron chi connectivity index (χ2n) is 7.10. The van der Waals surface area contributed by atoms with E-state index in [9.17, 15) is 4.79 Å². The summed E-state index contributed by atoms with van der Waals surface area (Å²) in [7, 11) is 7.50. The molecule has 1 heterocycles. The number of pyridine rings is 1. The maximum absolute atomic E-state index is 12.9. The number of rotatable bonds is 6. The maximum Gasteiger partial charge on any atom is 0.259 e. The highest BCUT2D eigenvalue weighted by Crippen LogP contribution is 2.31. The Hall–Kier alpha value is -3.48. The second-order valence-corrected chi connectivity index (χ2v) is 7.10. The van der Waals surface area contributed by atoms with Gasteiger partial charge in [-0.1, -0.05) is 30.2 Å². The third-order valence-corrected chi connectivity index (χ3v) is 4.87. The molecular formula is C23H24BN5O. The van der Waals surface area contributed by atoms with Crippen molar-refractivity contribution in [2.45, 2.75) is 19.8 Å². The number of nitrogens with zero attached hydrogens (tertiary/aromatic N) is 3. The van der Waals surface area contributed by atoms with Crippen molar-refractivity contribution in [3.63, 3.8) is 0 Å².